The summed E-state index contributed by atoms with van der Waals surface area (Å²) in [6.07, 6.45) is 2.86. The number of allylic oxidation sites excluding steroid dienone is 1. The first kappa shape index (κ1) is 6.28. The topological polar surface area (TPSA) is 20.3 Å². The first-order valence-corrected chi connectivity index (χ1v) is 4.28. The number of fused-ring (bicyclic) bond motifs is 1. The molecule has 54 valence electrons. The predicted octanol–water partition coefficient (Wildman–Crippen LogP) is 1.20. The van der Waals surface area contributed by atoms with E-state index in [1.54, 1.807) is 11.8 Å². The third kappa shape index (κ3) is 0.770. The average molecular weight is 155 g/mol. The van der Waals surface area contributed by atoms with Crippen LogP contribution in [0.1, 0.15) is 13.3 Å². The van der Waals surface area contributed by atoms with E-state index < -0.39 is 0 Å². The monoisotopic (exact) mass is 155 g/mol. The Balaban J connectivity index is 2.12. The third-order valence-corrected chi connectivity index (χ3v) is 3.15. The highest BCUT2D eigenvalue weighted by molar-refractivity contribution is 8.03. The Bertz CT molecular complexity index is 212. The van der Waals surface area contributed by atoms with Crippen LogP contribution >= 0.6 is 11.8 Å². The van der Waals surface area contributed by atoms with Crippen LogP contribution in [0.5, 0.6) is 0 Å². The van der Waals surface area contributed by atoms with E-state index in [-0.39, 0.29) is 0 Å². The van der Waals surface area contributed by atoms with Crippen molar-refractivity contribution in [3.63, 3.8) is 0 Å². The largest absolute Gasteiger partial charge is 0.326 e. The standard InChI is InChI=1S/C7H9NOS/c1-5-2-3-8-6(9)4-7(8)10-5/h2,7H,3-4H2,1H3/t7-/m0/s1. The first-order chi connectivity index (χ1) is 4.77. The second-order valence-electron chi connectivity index (χ2n) is 2.64. The zero-order valence-electron chi connectivity index (χ0n) is 5.83. The van der Waals surface area contributed by atoms with Gasteiger partial charge >= 0.3 is 0 Å². The maximum atomic E-state index is 10.9. The molecule has 0 N–H and O–H groups in total. The number of thioether (sulfide) groups is 1. The molecule has 0 aromatic rings. The van der Waals surface area contributed by atoms with E-state index in [1.807, 2.05) is 4.90 Å². The number of β-lactam (4-membered cyclic amide) rings is 1. The molecule has 0 spiro atoms. The quantitative estimate of drug-likeness (QED) is 0.490. The zero-order valence-corrected chi connectivity index (χ0v) is 6.65. The molecule has 1 amide bonds. The summed E-state index contributed by atoms with van der Waals surface area (Å²) >= 11 is 1.81. The third-order valence-electron chi connectivity index (χ3n) is 1.91. The van der Waals surface area contributed by atoms with Gasteiger partial charge in [0.2, 0.25) is 5.91 Å². The molecule has 2 heterocycles. The molecule has 0 unspecified atom stereocenters. The lowest BCUT2D eigenvalue weighted by molar-refractivity contribution is -0.140. The molecule has 2 nitrogen and oxygen atoms in total. The van der Waals surface area contributed by atoms with Crippen LogP contribution in [0.2, 0.25) is 0 Å². The summed E-state index contributed by atoms with van der Waals surface area (Å²) in [5, 5.41) is 0.470. The van der Waals surface area contributed by atoms with Crippen molar-refractivity contribution in [2.45, 2.75) is 18.7 Å². The number of carbonyl (C=O) groups excluding carboxylic acids is 1. The highest BCUT2D eigenvalue weighted by Gasteiger charge is 2.37. The summed E-state index contributed by atoms with van der Waals surface area (Å²) in [5.74, 6) is 0.307. The van der Waals surface area contributed by atoms with Gasteiger partial charge in [-0.2, -0.15) is 0 Å². The molecule has 0 aliphatic carbocycles. The molecule has 0 bridgehead atoms. The van der Waals surface area contributed by atoms with Gasteiger partial charge in [0.25, 0.3) is 0 Å². The molecule has 2 aliphatic heterocycles. The Hall–Kier alpha value is -0.440. The van der Waals surface area contributed by atoms with Crippen LogP contribution in [0.3, 0.4) is 0 Å². The van der Waals surface area contributed by atoms with Gasteiger partial charge in [-0.15, -0.1) is 11.8 Å². The van der Waals surface area contributed by atoms with Gasteiger partial charge in [-0.3, -0.25) is 4.79 Å². The average Bonchev–Trinajstić information content (AvgIpc) is 1.86. The van der Waals surface area contributed by atoms with Crippen molar-refractivity contribution in [3.8, 4) is 0 Å². The maximum Gasteiger partial charge on any atom is 0.226 e. The number of carbonyl (C=O) groups is 1. The molecule has 2 aliphatic rings. The fourth-order valence-corrected chi connectivity index (χ4v) is 2.40. The van der Waals surface area contributed by atoms with Gasteiger partial charge in [0.05, 0.1) is 11.8 Å². The molecule has 1 fully saturated rings. The van der Waals surface area contributed by atoms with Gasteiger partial charge in [-0.05, 0) is 11.8 Å². The molecular formula is C7H9NOS. The minimum absolute atomic E-state index is 0.307. The van der Waals surface area contributed by atoms with Gasteiger partial charge in [-0.1, -0.05) is 6.08 Å². The van der Waals surface area contributed by atoms with Crippen LogP contribution in [0, 0.1) is 0 Å². The van der Waals surface area contributed by atoms with E-state index >= 15 is 0 Å². The Kier molecular flexibility index (Phi) is 1.27. The van der Waals surface area contributed by atoms with E-state index in [4.69, 9.17) is 0 Å². The lowest BCUT2D eigenvalue weighted by atomic mass is 10.2. The molecule has 0 aromatic carbocycles. The summed E-state index contributed by atoms with van der Waals surface area (Å²) in [6.45, 7) is 2.94. The normalized spacial score (nSPS) is 30.9. The zero-order chi connectivity index (χ0) is 7.14. The van der Waals surface area contributed by atoms with E-state index in [1.165, 1.54) is 4.91 Å². The van der Waals surface area contributed by atoms with Crippen LogP contribution in [-0.4, -0.2) is 22.7 Å². The predicted molar refractivity (Wildman–Crippen MR) is 41.5 cm³/mol. The summed E-state index contributed by atoms with van der Waals surface area (Å²) in [5.41, 5.74) is 0. The Labute approximate surface area is 64.3 Å². The van der Waals surface area contributed by atoms with Crippen molar-refractivity contribution in [1.82, 2.24) is 4.90 Å². The molecular weight excluding hydrogens is 146 g/mol. The molecule has 2 rings (SSSR count). The number of hydrogen-bond donors (Lipinski definition) is 0. The van der Waals surface area contributed by atoms with E-state index in [9.17, 15) is 4.79 Å². The molecule has 1 atom stereocenters. The smallest absolute Gasteiger partial charge is 0.226 e. The lowest BCUT2D eigenvalue weighted by Gasteiger charge is -2.42. The van der Waals surface area contributed by atoms with Crippen molar-refractivity contribution in [1.29, 1.82) is 0 Å². The second-order valence-corrected chi connectivity index (χ2v) is 4.06. The van der Waals surface area contributed by atoms with Crippen LogP contribution in [0.4, 0.5) is 0 Å². The van der Waals surface area contributed by atoms with Gasteiger partial charge < -0.3 is 4.90 Å². The van der Waals surface area contributed by atoms with Crippen LogP contribution in [0.15, 0.2) is 11.0 Å². The van der Waals surface area contributed by atoms with E-state index in [0.717, 1.165) is 13.0 Å². The molecule has 10 heavy (non-hydrogen) atoms. The minimum Gasteiger partial charge on any atom is -0.326 e. The van der Waals surface area contributed by atoms with Crippen molar-refractivity contribution >= 4 is 17.7 Å². The fourth-order valence-electron chi connectivity index (χ4n) is 1.24. The second kappa shape index (κ2) is 2.02. The van der Waals surface area contributed by atoms with Crippen molar-refractivity contribution in [2.75, 3.05) is 6.54 Å². The van der Waals surface area contributed by atoms with Crippen molar-refractivity contribution in [2.24, 2.45) is 0 Å². The summed E-state index contributed by atoms with van der Waals surface area (Å²) in [7, 11) is 0. The maximum absolute atomic E-state index is 10.9. The highest BCUT2D eigenvalue weighted by Crippen LogP contribution is 2.37. The van der Waals surface area contributed by atoms with Gasteiger partial charge in [-0.25, -0.2) is 0 Å². The first-order valence-electron chi connectivity index (χ1n) is 3.40. The molecule has 0 saturated carbocycles. The molecule has 1 saturated heterocycles. The Morgan fingerprint density at radius 2 is 2.60 bits per heavy atom. The molecule has 3 heteroatoms. The van der Waals surface area contributed by atoms with Crippen LogP contribution in [-0.2, 0) is 4.79 Å². The lowest BCUT2D eigenvalue weighted by Crippen LogP contribution is -2.51. The van der Waals surface area contributed by atoms with Gasteiger partial charge in [0, 0.05) is 6.54 Å². The highest BCUT2D eigenvalue weighted by atomic mass is 32.2. The van der Waals surface area contributed by atoms with Crippen LogP contribution in [0.25, 0.3) is 0 Å². The van der Waals surface area contributed by atoms with E-state index in [0.29, 0.717) is 11.3 Å². The minimum atomic E-state index is 0.307. The summed E-state index contributed by atoms with van der Waals surface area (Å²) in [6, 6.07) is 0. The fraction of sp³-hybridized carbons (Fsp3) is 0.571. The number of nitrogens with zero attached hydrogens (tertiary/aromatic N) is 1. The van der Waals surface area contributed by atoms with Gasteiger partial charge in [0.1, 0.15) is 0 Å². The van der Waals surface area contributed by atoms with Crippen LogP contribution < -0.4 is 0 Å². The molecule has 0 radical (unpaired) electrons. The Morgan fingerprint density at radius 1 is 1.80 bits per heavy atom. The number of hydrogen-bond acceptors (Lipinski definition) is 2. The summed E-state index contributed by atoms with van der Waals surface area (Å²) < 4.78 is 0. The number of rotatable bonds is 0. The van der Waals surface area contributed by atoms with Crippen molar-refractivity contribution < 1.29 is 4.79 Å². The number of amides is 1. The Morgan fingerprint density at radius 3 is 3.20 bits per heavy atom. The van der Waals surface area contributed by atoms with E-state index in [2.05, 4.69) is 13.0 Å². The summed E-state index contributed by atoms with van der Waals surface area (Å²) in [4.78, 5) is 14.1. The van der Waals surface area contributed by atoms with Gasteiger partial charge in [0.15, 0.2) is 0 Å². The SMILES string of the molecule is CC1=CCN2C(=O)C[C@@H]2S1. The molecule has 0 aromatic heterocycles. The van der Waals surface area contributed by atoms with Crippen molar-refractivity contribution in [3.05, 3.63) is 11.0 Å².